The van der Waals surface area contributed by atoms with Gasteiger partial charge in [0.2, 0.25) is 0 Å². The SMILES string of the molecule is Cc1nn(C)cc1[C@H](C)NC(=O)NCc1cnn(-c2ccccc2)c1. The quantitative estimate of drug-likeness (QED) is 0.750. The minimum Gasteiger partial charge on any atom is -0.334 e. The van der Waals surface area contributed by atoms with Gasteiger partial charge in [-0.25, -0.2) is 9.48 Å². The fourth-order valence-corrected chi connectivity index (χ4v) is 2.72. The molecular weight excluding hydrogens is 316 g/mol. The summed E-state index contributed by atoms with van der Waals surface area (Å²) in [5.74, 6) is 0. The van der Waals surface area contributed by atoms with Crippen molar-refractivity contribution in [1.29, 1.82) is 0 Å². The maximum atomic E-state index is 12.1. The first-order valence-electron chi connectivity index (χ1n) is 8.16. The summed E-state index contributed by atoms with van der Waals surface area (Å²) >= 11 is 0. The number of hydrogen-bond acceptors (Lipinski definition) is 3. The van der Waals surface area contributed by atoms with E-state index in [1.807, 2.05) is 63.6 Å². The lowest BCUT2D eigenvalue weighted by molar-refractivity contribution is 0.237. The number of nitrogens with one attached hydrogen (secondary N) is 2. The fraction of sp³-hybridized carbons (Fsp3) is 0.278. The van der Waals surface area contributed by atoms with E-state index in [2.05, 4.69) is 20.8 Å². The van der Waals surface area contributed by atoms with Crippen LogP contribution in [0.15, 0.2) is 48.9 Å². The summed E-state index contributed by atoms with van der Waals surface area (Å²) in [7, 11) is 1.87. The van der Waals surface area contributed by atoms with Gasteiger partial charge in [-0.05, 0) is 26.0 Å². The number of carbonyl (C=O) groups is 1. The second-order valence-corrected chi connectivity index (χ2v) is 6.02. The van der Waals surface area contributed by atoms with Gasteiger partial charge in [-0.1, -0.05) is 18.2 Å². The standard InChI is InChI=1S/C18H22N6O/c1-13(17-12-23(3)22-14(17)2)21-18(25)19-9-15-10-20-24(11-15)16-7-5-4-6-8-16/h4-8,10-13H,9H2,1-3H3,(H2,19,21,25)/t13-/m0/s1. The van der Waals surface area contributed by atoms with E-state index < -0.39 is 0 Å². The Kier molecular flexibility index (Phi) is 4.83. The third kappa shape index (κ3) is 4.06. The smallest absolute Gasteiger partial charge is 0.315 e. The molecule has 0 radical (unpaired) electrons. The van der Waals surface area contributed by atoms with Gasteiger partial charge in [0.05, 0.1) is 23.6 Å². The minimum absolute atomic E-state index is 0.110. The molecule has 2 N–H and O–H groups in total. The largest absolute Gasteiger partial charge is 0.334 e. The second kappa shape index (κ2) is 7.21. The average Bonchev–Trinajstić information content (AvgIpc) is 3.20. The molecule has 1 atom stereocenters. The molecule has 0 bridgehead atoms. The van der Waals surface area contributed by atoms with Crippen LogP contribution < -0.4 is 10.6 Å². The topological polar surface area (TPSA) is 76.8 Å². The molecule has 2 amide bonds. The summed E-state index contributed by atoms with van der Waals surface area (Å²) in [6.07, 6.45) is 5.58. The normalized spacial score (nSPS) is 12.0. The molecule has 0 aliphatic heterocycles. The third-order valence-electron chi connectivity index (χ3n) is 3.98. The average molecular weight is 338 g/mol. The summed E-state index contributed by atoms with van der Waals surface area (Å²) in [5.41, 5.74) is 3.84. The molecule has 0 saturated carbocycles. The number of aryl methyl sites for hydroxylation is 2. The van der Waals surface area contributed by atoms with E-state index in [1.54, 1.807) is 15.6 Å². The van der Waals surface area contributed by atoms with Crippen molar-refractivity contribution in [3.8, 4) is 5.69 Å². The van der Waals surface area contributed by atoms with Crippen LogP contribution in [0.25, 0.3) is 5.69 Å². The van der Waals surface area contributed by atoms with Gasteiger partial charge >= 0.3 is 6.03 Å². The molecule has 1 aromatic carbocycles. The number of rotatable bonds is 5. The van der Waals surface area contributed by atoms with E-state index in [1.165, 1.54) is 0 Å². The van der Waals surface area contributed by atoms with Gasteiger partial charge in [-0.2, -0.15) is 10.2 Å². The van der Waals surface area contributed by atoms with E-state index in [9.17, 15) is 4.79 Å². The molecule has 7 heteroatoms. The van der Waals surface area contributed by atoms with Crippen LogP contribution >= 0.6 is 0 Å². The van der Waals surface area contributed by atoms with E-state index in [0.717, 1.165) is 22.5 Å². The van der Waals surface area contributed by atoms with Gasteiger partial charge < -0.3 is 10.6 Å². The number of aromatic nitrogens is 4. The highest BCUT2D eigenvalue weighted by Gasteiger charge is 2.14. The summed E-state index contributed by atoms with van der Waals surface area (Å²) in [5, 5.41) is 14.4. The van der Waals surface area contributed by atoms with Crippen molar-refractivity contribution in [3.05, 3.63) is 65.7 Å². The van der Waals surface area contributed by atoms with Crippen LogP contribution in [0.2, 0.25) is 0 Å². The van der Waals surface area contributed by atoms with Crippen LogP contribution in [0.3, 0.4) is 0 Å². The number of amides is 2. The van der Waals surface area contributed by atoms with Crippen molar-refractivity contribution < 1.29 is 4.79 Å². The molecule has 0 aliphatic rings. The Labute approximate surface area is 146 Å². The van der Waals surface area contributed by atoms with Crippen molar-refractivity contribution in [2.75, 3.05) is 0 Å². The maximum Gasteiger partial charge on any atom is 0.315 e. The van der Waals surface area contributed by atoms with Gasteiger partial charge in [-0.3, -0.25) is 4.68 Å². The summed E-state index contributed by atoms with van der Waals surface area (Å²) in [4.78, 5) is 12.1. The van der Waals surface area contributed by atoms with E-state index in [0.29, 0.717) is 6.54 Å². The monoisotopic (exact) mass is 338 g/mol. The zero-order chi connectivity index (χ0) is 17.8. The molecule has 25 heavy (non-hydrogen) atoms. The number of nitrogens with zero attached hydrogens (tertiary/aromatic N) is 4. The lowest BCUT2D eigenvalue weighted by Gasteiger charge is -2.13. The number of benzene rings is 1. The Morgan fingerprint density at radius 1 is 1.24 bits per heavy atom. The Morgan fingerprint density at radius 3 is 2.68 bits per heavy atom. The first-order chi connectivity index (χ1) is 12.0. The lowest BCUT2D eigenvalue weighted by atomic mass is 10.1. The molecule has 0 fully saturated rings. The predicted molar refractivity (Wildman–Crippen MR) is 95.3 cm³/mol. The van der Waals surface area contributed by atoms with E-state index in [4.69, 9.17) is 0 Å². The molecule has 3 rings (SSSR count). The second-order valence-electron chi connectivity index (χ2n) is 6.02. The highest BCUT2D eigenvalue weighted by Crippen LogP contribution is 2.15. The maximum absolute atomic E-state index is 12.1. The fourth-order valence-electron chi connectivity index (χ4n) is 2.72. The summed E-state index contributed by atoms with van der Waals surface area (Å²) < 4.78 is 3.54. The number of urea groups is 1. The molecule has 7 nitrogen and oxygen atoms in total. The molecule has 0 spiro atoms. The van der Waals surface area contributed by atoms with Crippen molar-refractivity contribution in [2.45, 2.75) is 26.4 Å². The molecule has 0 saturated heterocycles. The van der Waals surface area contributed by atoms with Gasteiger partial charge in [0.25, 0.3) is 0 Å². The van der Waals surface area contributed by atoms with Gasteiger partial charge in [0.15, 0.2) is 0 Å². The van der Waals surface area contributed by atoms with Crippen molar-refractivity contribution in [2.24, 2.45) is 7.05 Å². The van der Waals surface area contributed by atoms with Gasteiger partial charge in [-0.15, -0.1) is 0 Å². The molecule has 130 valence electrons. The van der Waals surface area contributed by atoms with Crippen LogP contribution in [0.5, 0.6) is 0 Å². The zero-order valence-electron chi connectivity index (χ0n) is 14.6. The van der Waals surface area contributed by atoms with Crippen LogP contribution in [-0.4, -0.2) is 25.6 Å². The van der Waals surface area contributed by atoms with Crippen molar-refractivity contribution >= 4 is 6.03 Å². The zero-order valence-corrected chi connectivity index (χ0v) is 14.6. The molecule has 3 aromatic rings. The highest BCUT2D eigenvalue weighted by molar-refractivity contribution is 5.74. The van der Waals surface area contributed by atoms with Crippen LogP contribution in [0.1, 0.15) is 29.8 Å². The van der Waals surface area contributed by atoms with E-state index >= 15 is 0 Å². The molecule has 2 aromatic heterocycles. The number of para-hydroxylation sites is 1. The Balaban J connectivity index is 1.54. The predicted octanol–water partition coefficient (Wildman–Crippen LogP) is 2.47. The minimum atomic E-state index is -0.219. The summed E-state index contributed by atoms with van der Waals surface area (Å²) in [6, 6.07) is 9.52. The Hall–Kier alpha value is -3.09. The van der Waals surface area contributed by atoms with Crippen LogP contribution in [0, 0.1) is 6.92 Å². The summed E-state index contributed by atoms with van der Waals surface area (Å²) in [6.45, 7) is 4.29. The Morgan fingerprint density at radius 2 is 2.00 bits per heavy atom. The van der Waals surface area contributed by atoms with Crippen molar-refractivity contribution in [3.63, 3.8) is 0 Å². The van der Waals surface area contributed by atoms with E-state index in [-0.39, 0.29) is 12.1 Å². The Bertz CT molecular complexity index is 852. The molecule has 0 unspecified atom stereocenters. The lowest BCUT2D eigenvalue weighted by Crippen LogP contribution is -2.36. The van der Waals surface area contributed by atoms with Crippen LogP contribution in [0.4, 0.5) is 4.79 Å². The first kappa shape index (κ1) is 16.8. The third-order valence-corrected chi connectivity index (χ3v) is 3.98. The van der Waals surface area contributed by atoms with Gasteiger partial charge in [0, 0.05) is 37.1 Å². The molecule has 2 heterocycles. The molecule has 0 aliphatic carbocycles. The highest BCUT2D eigenvalue weighted by atomic mass is 16.2. The van der Waals surface area contributed by atoms with Crippen molar-refractivity contribution in [1.82, 2.24) is 30.2 Å². The molecular formula is C18H22N6O. The first-order valence-corrected chi connectivity index (χ1v) is 8.16. The number of carbonyl (C=O) groups excluding carboxylic acids is 1. The number of hydrogen-bond donors (Lipinski definition) is 2. The van der Waals surface area contributed by atoms with Crippen LogP contribution in [-0.2, 0) is 13.6 Å². The van der Waals surface area contributed by atoms with Gasteiger partial charge in [0.1, 0.15) is 0 Å².